The molecule has 1 fully saturated rings. The van der Waals surface area contributed by atoms with E-state index in [1.807, 2.05) is 18.2 Å². The minimum Gasteiger partial charge on any atom is -0.364 e. The zero-order valence-electron chi connectivity index (χ0n) is 9.84. The fraction of sp³-hybridized carbons (Fsp3) is 0.357. The first kappa shape index (κ1) is 11.9. The Kier molecular flexibility index (Phi) is 3.94. The first-order valence-electron chi connectivity index (χ1n) is 5.97. The highest BCUT2D eigenvalue weighted by Gasteiger charge is 2.26. The molecule has 0 aliphatic carbocycles. The van der Waals surface area contributed by atoms with E-state index >= 15 is 0 Å². The molecule has 1 aliphatic rings. The molecule has 1 unspecified atom stereocenters. The quantitative estimate of drug-likeness (QED) is 0.749. The maximum absolute atomic E-state index is 11.3. The van der Waals surface area contributed by atoms with Gasteiger partial charge in [-0.25, -0.2) is 4.79 Å². The number of hydroxylamine groups is 2. The Bertz CT molecular complexity index is 388. The van der Waals surface area contributed by atoms with Crippen molar-refractivity contribution in [3.05, 3.63) is 48.6 Å². The van der Waals surface area contributed by atoms with Crippen LogP contribution < -0.4 is 0 Å². The van der Waals surface area contributed by atoms with Crippen LogP contribution in [0.25, 0.3) is 0 Å². The van der Waals surface area contributed by atoms with Gasteiger partial charge >= 0.3 is 5.97 Å². The molecule has 0 aromatic heterocycles. The van der Waals surface area contributed by atoms with Crippen molar-refractivity contribution in [3.63, 3.8) is 0 Å². The summed E-state index contributed by atoms with van der Waals surface area (Å²) in [5.74, 6) is -0.382. The van der Waals surface area contributed by atoms with Crippen LogP contribution in [0.3, 0.4) is 0 Å². The standard InChI is InChI=1S/C14H17NO2/c1-2-14(16)17-15-11-7-6-10-13(15)12-8-4-3-5-9-12/h2-5,8-9,13H,1,6-7,10-11H2. The largest absolute Gasteiger partial charge is 0.364 e. The van der Waals surface area contributed by atoms with Gasteiger partial charge in [0.1, 0.15) is 0 Å². The third kappa shape index (κ3) is 2.94. The lowest BCUT2D eigenvalue weighted by molar-refractivity contribution is -0.203. The van der Waals surface area contributed by atoms with E-state index in [-0.39, 0.29) is 12.0 Å². The molecule has 0 amide bonds. The van der Waals surface area contributed by atoms with Crippen molar-refractivity contribution in [2.24, 2.45) is 0 Å². The summed E-state index contributed by atoms with van der Waals surface area (Å²) in [6, 6.07) is 10.3. The molecule has 0 spiro atoms. The molecule has 0 N–H and O–H groups in total. The lowest BCUT2D eigenvalue weighted by atomic mass is 9.97. The summed E-state index contributed by atoms with van der Waals surface area (Å²) in [5.41, 5.74) is 1.20. The Labute approximate surface area is 102 Å². The predicted molar refractivity (Wildman–Crippen MR) is 66.0 cm³/mol. The Morgan fingerprint density at radius 2 is 2.12 bits per heavy atom. The zero-order valence-corrected chi connectivity index (χ0v) is 9.84. The summed E-state index contributed by atoms with van der Waals surface area (Å²) in [5, 5.41) is 1.78. The van der Waals surface area contributed by atoms with Gasteiger partial charge < -0.3 is 4.84 Å². The number of carbonyl (C=O) groups excluding carboxylic acids is 1. The van der Waals surface area contributed by atoms with Crippen molar-refractivity contribution in [3.8, 4) is 0 Å². The second-order valence-electron chi connectivity index (χ2n) is 4.18. The molecule has 1 saturated heterocycles. The molecule has 0 bridgehead atoms. The minimum absolute atomic E-state index is 0.175. The summed E-state index contributed by atoms with van der Waals surface area (Å²) >= 11 is 0. The summed E-state index contributed by atoms with van der Waals surface area (Å²) in [7, 11) is 0. The number of nitrogens with zero attached hydrogens (tertiary/aromatic N) is 1. The fourth-order valence-corrected chi connectivity index (χ4v) is 2.18. The van der Waals surface area contributed by atoms with E-state index in [1.165, 1.54) is 18.1 Å². The summed E-state index contributed by atoms with van der Waals surface area (Å²) < 4.78 is 0. The van der Waals surface area contributed by atoms with Crippen molar-refractivity contribution in [2.75, 3.05) is 6.54 Å². The van der Waals surface area contributed by atoms with Gasteiger partial charge in [0.2, 0.25) is 0 Å². The van der Waals surface area contributed by atoms with Crippen LogP contribution in [-0.4, -0.2) is 17.6 Å². The summed E-state index contributed by atoms with van der Waals surface area (Å²) in [6.45, 7) is 4.21. The van der Waals surface area contributed by atoms with Crippen LogP contribution in [0, 0.1) is 0 Å². The average molecular weight is 231 g/mol. The van der Waals surface area contributed by atoms with Gasteiger partial charge in [0.15, 0.2) is 0 Å². The second-order valence-corrected chi connectivity index (χ2v) is 4.18. The molecule has 3 heteroatoms. The summed E-state index contributed by atoms with van der Waals surface area (Å²) in [4.78, 5) is 16.6. The van der Waals surface area contributed by atoms with E-state index in [0.717, 1.165) is 19.4 Å². The molecule has 0 saturated carbocycles. The molecule has 90 valence electrons. The molecular weight excluding hydrogens is 214 g/mol. The number of carbonyl (C=O) groups is 1. The van der Waals surface area contributed by atoms with Gasteiger partial charge in [-0.3, -0.25) is 0 Å². The van der Waals surface area contributed by atoms with Crippen molar-refractivity contribution >= 4 is 5.97 Å². The lowest BCUT2D eigenvalue weighted by Gasteiger charge is -2.33. The Balaban J connectivity index is 2.12. The topological polar surface area (TPSA) is 29.5 Å². The number of piperidine rings is 1. The lowest BCUT2D eigenvalue weighted by Crippen LogP contribution is -2.35. The monoisotopic (exact) mass is 231 g/mol. The molecule has 17 heavy (non-hydrogen) atoms. The third-order valence-electron chi connectivity index (χ3n) is 3.01. The zero-order chi connectivity index (χ0) is 12.1. The Hall–Kier alpha value is -1.61. The molecular formula is C14H17NO2. The maximum atomic E-state index is 11.3. The predicted octanol–water partition coefficient (Wildman–Crippen LogP) is 2.86. The van der Waals surface area contributed by atoms with E-state index < -0.39 is 0 Å². The Morgan fingerprint density at radius 3 is 2.82 bits per heavy atom. The minimum atomic E-state index is -0.382. The van der Waals surface area contributed by atoms with Gasteiger partial charge in [0.05, 0.1) is 6.04 Å². The first-order valence-corrected chi connectivity index (χ1v) is 5.97. The van der Waals surface area contributed by atoms with E-state index in [1.54, 1.807) is 5.06 Å². The maximum Gasteiger partial charge on any atom is 0.349 e. The highest BCUT2D eigenvalue weighted by Crippen LogP contribution is 2.30. The third-order valence-corrected chi connectivity index (χ3v) is 3.01. The van der Waals surface area contributed by atoms with Gasteiger partial charge in [-0.15, -0.1) is 5.06 Å². The van der Waals surface area contributed by atoms with Gasteiger partial charge in [-0.1, -0.05) is 43.3 Å². The van der Waals surface area contributed by atoms with Gasteiger partial charge in [0, 0.05) is 12.6 Å². The summed E-state index contributed by atoms with van der Waals surface area (Å²) in [6.07, 6.45) is 4.46. The smallest absolute Gasteiger partial charge is 0.349 e. The van der Waals surface area contributed by atoms with Crippen LogP contribution in [-0.2, 0) is 9.63 Å². The molecule has 3 nitrogen and oxygen atoms in total. The molecule has 1 aromatic rings. The van der Waals surface area contributed by atoms with Crippen molar-refractivity contribution in [2.45, 2.75) is 25.3 Å². The SMILES string of the molecule is C=CC(=O)ON1CCCCC1c1ccccc1. The average Bonchev–Trinajstić information content (AvgIpc) is 2.40. The van der Waals surface area contributed by atoms with E-state index in [2.05, 4.69) is 18.7 Å². The van der Waals surface area contributed by atoms with Crippen LogP contribution in [0.4, 0.5) is 0 Å². The normalized spacial score (nSPS) is 20.8. The van der Waals surface area contributed by atoms with Gasteiger partial charge in [-0.2, -0.15) is 0 Å². The molecule has 2 rings (SSSR count). The van der Waals surface area contributed by atoms with Crippen LogP contribution in [0.2, 0.25) is 0 Å². The highest BCUT2D eigenvalue weighted by molar-refractivity contribution is 5.80. The van der Waals surface area contributed by atoms with Crippen molar-refractivity contribution in [1.82, 2.24) is 5.06 Å². The van der Waals surface area contributed by atoms with Crippen molar-refractivity contribution in [1.29, 1.82) is 0 Å². The van der Waals surface area contributed by atoms with Crippen LogP contribution >= 0.6 is 0 Å². The molecule has 1 atom stereocenters. The first-order chi connectivity index (χ1) is 8.31. The van der Waals surface area contributed by atoms with Gasteiger partial charge in [-0.05, 0) is 18.4 Å². The van der Waals surface area contributed by atoms with Gasteiger partial charge in [0.25, 0.3) is 0 Å². The van der Waals surface area contributed by atoms with E-state index in [4.69, 9.17) is 4.84 Å². The number of rotatable bonds is 3. The molecule has 1 aromatic carbocycles. The second kappa shape index (κ2) is 5.64. The van der Waals surface area contributed by atoms with E-state index in [0.29, 0.717) is 0 Å². The molecule has 1 aliphatic heterocycles. The van der Waals surface area contributed by atoms with Crippen LogP contribution in [0.1, 0.15) is 30.9 Å². The van der Waals surface area contributed by atoms with Crippen LogP contribution in [0.5, 0.6) is 0 Å². The molecule has 1 heterocycles. The number of hydrogen-bond donors (Lipinski definition) is 0. The number of hydrogen-bond acceptors (Lipinski definition) is 3. The number of benzene rings is 1. The Morgan fingerprint density at radius 1 is 1.35 bits per heavy atom. The van der Waals surface area contributed by atoms with Crippen LogP contribution in [0.15, 0.2) is 43.0 Å². The molecule has 0 radical (unpaired) electrons. The fourth-order valence-electron chi connectivity index (χ4n) is 2.18. The van der Waals surface area contributed by atoms with E-state index in [9.17, 15) is 4.79 Å². The highest BCUT2D eigenvalue weighted by atomic mass is 16.7. The van der Waals surface area contributed by atoms with Crippen molar-refractivity contribution < 1.29 is 9.63 Å².